The second-order valence-corrected chi connectivity index (χ2v) is 6.93. The van der Waals surface area contributed by atoms with Gasteiger partial charge in [0.05, 0.1) is 10.6 Å². The van der Waals surface area contributed by atoms with Crippen molar-refractivity contribution in [2.24, 2.45) is 0 Å². The maximum Gasteiger partial charge on any atom is 0.264 e. The lowest BCUT2D eigenvalue weighted by atomic mass is 10.1. The Bertz CT molecular complexity index is 817. The number of nitrogens with one attached hydrogen (secondary N) is 1. The first-order chi connectivity index (χ1) is 10.5. The second kappa shape index (κ2) is 5.46. The zero-order valence-corrected chi connectivity index (χ0v) is 12.9. The molecule has 1 amide bonds. The van der Waals surface area contributed by atoms with Crippen molar-refractivity contribution in [1.29, 1.82) is 0 Å². The molecule has 1 N–H and O–H groups in total. The minimum Gasteiger partial charge on any atom is -0.355 e. The molecule has 22 heavy (non-hydrogen) atoms. The van der Waals surface area contributed by atoms with Crippen LogP contribution in [0.5, 0.6) is 0 Å². The highest BCUT2D eigenvalue weighted by molar-refractivity contribution is 7.92. The zero-order chi connectivity index (χ0) is 15.7. The largest absolute Gasteiger partial charge is 0.355 e. The quantitative estimate of drug-likeness (QED) is 0.939. The van der Waals surface area contributed by atoms with Crippen molar-refractivity contribution in [3.05, 3.63) is 59.7 Å². The summed E-state index contributed by atoms with van der Waals surface area (Å²) in [5.74, 6) is -0.230. The predicted octanol–water partition coefficient (Wildman–Crippen LogP) is 1.80. The Balaban J connectivity index is 2.05. The van der Waals surface area contributed by atoms with Crippen molar-refractivity contribution in [3.63, 3.8) is 0 Å². The molecular weight excluding hydrogens is 300 g/mol. The summed E-state index contributed by atoms with van der Waals surface area (Å²) in [6, 6.07) is 13.5. The van der Waals surface area contributed by atoms with Crippen LogP contribution in [-0.2, 0) is 16.4 Å². The predicted molar refractivity (Wildman–Crippen MR) is 84.5 cm³/mol. The molecule has 1 aliphatic rings. The van der Waals surface area contributed by atoms with Crippen molar-refractivity contribution in [2.75, 3.05) is 17.9 Å². The molecule has 0 unspecified atom stereocenters. The first kappa shape index (κ1) is 14.6. The van der Waals surface area contributed by atoms with E-state index in [2.05, 4.69) is 5.32 Å². The number of carbonyl (C=O) groups is 1. The van der Waals surface area contributed by atoms with E-state index in [4.69, 9.17) is 0 Å². The van der Waals surface area contributed by atoms with Crippen LogP contribution in [-0.4, -0.2) is 27.9 Å². The van der Waals surface area contributed by atoms with E-state index < -0.39 is 10.0 Å². The van der Waals surface area contributed by atoms with Gasteiger partial charge in [-0.15, -0.1) is 0 Å². The van der Waals surface area contributed by atoms with Crippen LogP contribution < -0.4 is 9.62 Å². The van der Waals surface area contributed by atoms with E-state index in [0.29, 0.717) is 24.2 Å². The molecule has 0 saturated carbocycles. The minimum atomic E-state index is -3.60. The average Bonchev–Trinajstić information content (AvgIpc) is 2.98. The third kappa shape index (κ3) is 2.35. The topological polar surface area (TPSA) is 66.5 Å². The van der Waals surface area contributed by atoms with Gasteiger partial charge in [0.25, 0.3) is 15.9 Å². The molecule has 0 aromatic heterocycles. The van der Waals surface area contributed by atoms with Gasteiger partial charge in [-0.2, -0.15) is 0 Å². The number of hydrogen-bond acceptors (Lipinski definition) is 3. The van der Waals surface area contributed by atoms with E-state index in [1.54, 1.807) is 49.5 Å². The molecule has 6 heteroatoms. The summed E-state index contributed by atoms with van der Waals surface area (Å²) in [6.45, 7) is 0.393. The number of rotatable bonds is 3. The van der Waals surface area contributed by atoms with Crippen LogP contribution >= 0.6 is 0 Å². The van der Waals surface area contributed by atoms with Gasteiger partial charge in [-0.3, -0.25) is 9.10 Å². The van der Waals surface area contributed by atoms with Crippen molar-refractivity contribution in [1.82, 2.24) is 5.32 Å². The summed E-state index contributed by atoms with van der Waals surface area (Å²) in [5, 5.41) is 2.55. The first-order valence-corrected chi connectivity index (χ1v) is 8.41. The van der Waals surface area contributed by atoms with Gasteiger partial charge in [-0.25, -0.2) is 8.42 Å². The number of amides is 1. The number of nitrogens with zero attached hydrogens (tertiary/aromatic N) is 1. The van der Waals surface area contributed by atoms with Crippen LogP contribution in [0.3, 0.4) is 0 Å². The van der Waals surface area contributed by atoms with Crippen molar-refractivity contribution in [2.45, 2.75) is 11.3 Å². The lowest BCUT2D eigenvalue weighted by molar-refractivity contribution is 0.0963. The Kier molecular flexibility index (Phi) is 3.62. The molecule has 1 aliphatic heterocycles. The van der Waals surface area contributed by atoms with Crippen molar-refractivity contribution < 1.29 is 13.2 Å². The number of carbonyl (C=O) groups excluding carboxylic acids is 1. The molecule has 5 nitrogen and oxygen atoms in total. The van der Waals surface area contributed by atoms with E-state index in [1.165, 1.54) is 4.31 Å². The van der Waals surface area contributed by atoms with Crippen molar-refractivity contribution in [3.8, 4) is 0 Å². The molecule has 2 aromatic rings. The molecule has 0 aliphatic carbocycles. The smallest absolute Gasteiger partial charge is 0.264 e. The Morgan fingerprint density at radius 1 is 1.14 bits per heavy atom. The highest BCUT2D eigenvalue weighted by Crippen LogP contribution is 2.33. The van der Waals surface area contributed by atoms with Crippen LogP contribution in [0.25, 0.3) is 0 Å². The number of anilines is 1. The Labute approximate surface area is 129 Å². The van der Waals surface area contributed by atoms with Gasteiger partial charge < -0.3 is 5.32 Å². The van der Waals surface area contributed by atoms with E-state index >= 15 is 0 Å². The van der Waals surface area contributed by atoms with Gasteiger partial charge in [0.2, 0.25) is 0 Å². The molecule has 2 aromatic carbocycles. The molecular formula is C16H16N2O3S. The fourth-order valence-corrected chi connectivity index (χ4v) is 4.12. The lowest BCUT2D eigenvalue weighted by Gasteiger charge is -2.20. The third-order valence-electron chi connectivity index (χ3n) is 3.76. The van der Waals surface area contributed by atoms with E-state index in [-0.39, 0.29) is 10.8 Å². The fourth-order valence-electron chi connectivity index (χ4n) is 2.60. The highest BCUT2D eigenvalue weighted by atomic mass is 32.2. The monoisotopic (exact) mass is 316 g/mol. The summed E-state index contributed by atoms with van der Waals surface area (Å²) in [6.07, 6.45) is 0.648. The first-order valence-electron chi connectivity index (χ1n) is 6.97. The zero-order valence-electron chi connectivity index (χ0n) is 12.1. The van der Waals surface area contributed by atoms with Crippen LogP contribution in [0, 0.1) is 0 Å². The number of hydrogen-bond donors (Lipinski definition) is 1. The minimum absolute atomic E-state index is 0.230. The standard InChI is InChI=1S/C16H16N2O3S/c1-17-16(19)13-8-7-12-9-10-18(15(12)11-13)22(20,21)14-5-3-2-4-6-14/h2-8,11H,9-10H2,1H3,(H,17,19). The molecule has 114 valence electrons. The van der Waals surface area contributed by atoms with E-state index in [9.17, 15) is 13.2 Å². The SMILES string of the molecule is CNC(=O)c1ccc2c(c1)N(S(=O)(=O)c1ccccc1)CC2. The van der Waals surface area contributed by atoms with Crippen LogP contribution in [0.1, 0.15) is 15.9 Å². The van der Waals surface area contributed by atoms with Gasteiger partial charge in [-0.05, 0) is 36.2 Å². The molecule has 0 radical (unpaired) electrons. The second-order valence-electron chi connectivity index (χ2n) is 5.06. The Hall–Kier alpha value is -2.34. The summed E-state index contributed by atoms with van der Waals surface area (Å²) in [4.78, 5) is 12.0. The molecule has 3 rings (SSSR count). The average molecular weight is 316 g/mol. The van der Waals surface area contributed by atoms with E-state index in [1.807, 2.05) is 6.07 Å². The maximum absolute atomic E-state index is 12.8. The normalized spacial score (nSPS) is 13.8. The van der Waals surface area contributed by atoms with Gasteiger partial charge in [0.15, 0.2) is 0 Å². The Morgan fingerprint density at radius 3 is 2.55 bits per heavy atom. The molecule has 1 heterocycles. The van der Waals surface area contributed by atoms with Crippen molar-refractivity contribution >= 4 is 21.6 Å². The molecule has 0 spiro atoms. The maximum atomic E-state index is 12.8. The summed E-state index contributed by atoms with van der Waals surface area (Å²) in [5.41, 5.74) is 1.98. The van der Waals surface area contributed by atoms with Gasteiger partial charge in [0.1, 0.15) is 0 Å². The molecule has 0 bridgehead atoms. The van der Waals surface area contributed by atoms with Crippen LogP contribution in [0.2, 0.25) is 0 Å². The summed E-state index contributed by atoms with van der Waals surface area (Å²) in [7, 11) is -2.05. The van der Waals surface area contributed by atoms with Gasteiger partial charge in [0, 0.05) is 19.2 Å². The van der Waals surface area contributed by atoms with Crippen LogP contribution in [0.15, 0.2) is 53.4 Å². The number of benzene rings is 2. The summed E-state index contributed by atoms with van der Waals surface area (Å²) >= 11 is 0. The molecule has 0 fully saturated rings. The third-order valence-corrected chi connectivity index (χ3v) is 5.59. The fraction of sp³-hybridized carbons (Fsp3) is 0.188. The molecule has 0 saturated heterocycles. The van der Waals surface area contributed by atoms with Gasteiger partial charge in [-0.1, -0.05) is 24.3 Å². The van der Waals surface area contributed by atoms with E-state index in [0.717, 1.165) is 5.56 Å². The number of fused-ring (bicyclic) bond motifs is 1. The number of sulfonamides is 1. The lowest BCUT2D eigenvalue weighted by Crippen LogP contribution is -2.29. The Morgan fingerprint density at radius 2 is 1.86 bits per heavy atom. The highest BCUT2D eigenvalue weighted by Gasteiger charge is 2.31. The van der Waals surface area contributed by atoms with Gasteiger partial charge >= 0.3 is 0 Å². The summed E-state index contributed by atoms with van der Waals surface area (Å²) < 4.78 is 26.9. The molecule has 0 atom stereocenters. The van der Waals surface area contributed by atoms with Crippen LogP contribution in [0.4, 0.5) is 5.69 Å².